The van der Waals surface area contributed by atoms with Gasteiger partial charge in [-0.05, 0) is 60.0 Å². The zero-order valence-electron chi connectivity index (χ0n) is 18.9. The minimum absolute atomic E-state index is 0.117. The maximum atomic E-state index is 13.3. The number of carbonyl (C=O) groups excluding carboxylic acids is 1. The van der Waals surface area contributed by atoms with E-state index in [2.05, 4.69) is 8.75 Å². The molecule has 35 heavy (non-hydrogen) atoms. The fourth-order valence-corrected chi connectivity index (χ4v) is 5.09. The first-order valence-electron chi connectivity index (χ1n) is 10.9. The van der Waals surface area contributed by atoms with Crippen LogP contribution in [0, 0.1) is 6.92 Å². The molecule has 1 atom stereocenters. The quantitative estimate of drug-likeness (QED) is 0.419. The Hall–Kier alpha value is -3.95. The predicted molar refractivity (Wildman–Crippen MR) is 128 cm³/mol. The van der Waals surface area contributed by atoms with Crippen molar-refractivity contribution < 1.29 is 28.8 Å². The molecule has 3 aromatic carbocycles. The summed E-state index contributed by atoms with van der Waals surface area (Å²) in [5, 5.41) is 11.9. The number of fused-ring (bicyclic) bond motifs is 2. The average molecular weight is 489 g/mol. The third kappa shape index (κ3) is 3.51. The third-order valence-electron chi connectivity index (χ3n) is 6.30. The summed E-state index contributed by atoms with van der Waals surface area (Å²) in [6, 6.07) is 16.2. The van der Waals surface area contributed by atoms with Crippen LogP contribution in [-0.4, -0.2) is 33.7 Å². The van der Waals surface area contributed by atoms with Crippen LogP contribution in [0.4, 0.5) is 0 Å². The Balaban J connectivity index is 1.53. The second-order valence-corrected chi connectivity index (χ2v) is 8.93. The number of rotatable bonds is 5. The maximum absolute atomic E-state index is 13.3. The SMILES string of the molecule is COc1ccc(CC2=C(c3ccc4c(c3)OCO4)C(=O)OC2(O)c2ccc3nsnc3c2)cc1C. The Morgan fingerprint density at radius 1 is 1.03 bits per heavy atom. The summed E-state index contributed by atoms with van der Waals surface area (Å²) in [5.41, 5.74) is 4.86. The van der Waals surface area contributed by atoms with E-state index in [1.807, 2.05) is 25.1 Å². The van der Waals surface area contributed by atoms with Gasteiger partial charge in [-0.1, -0.05) is 18.2 Å². The zero-order valence-corrected chi connectivity index (χ0v) is 19.7. The van der Waals surface area contributed by atoms with Crippen molar-refractivity contribution in [2.75, 3.05) is 13.9 Å². The van der Waals surface area contributed by atoms with Crippen LogP contribution in [0.15, 0.2) is 60.2 Å². The van der Waals surface area contributed by atoms with Crippen molar-refractivity contribution >= 4 is 34.3 Å². The minimum Gasteiger partial charge on any atom is -0.496 e. The number of esters is 1. The lowest BCUT2D eigenvalue weighted by molar-refractivity contribution is -0.185. The normalized spacial score (nSPS) is 18.9. The van der Waals surface area contributed by atoms with E-state index < -0.39 is 11.8 Å². The fourth-order valence-electron chi connectivity index (χ4n) is 4.57. The lowest BCUT2D eigenvalue weighted by atomic mass is 9.87. The predicted octanol–water partition coefficient (Wildman–Crippen LogP) is 4.14. The number of benzene rings is 3. The molecule has 0 radical (unpaired) electrons. The highest BCUT2D eigenvalue weighted by Crippen LogP contribution is 2.46. The van der Waals surface area contributed by atoms with E-state index >= 15 is 0 Å². The number of aromatic nitrogens is 2. The topological polar surface area (TPSA) is 100 Å². The Morgan fingerprint density at radius 3 is 2.69 bits per heavy atom. The zero-order chi connectivity index (χ0) is 24.2. The van der Waals surface area contributed by atoms with Gasteiger partial charge < -0.3 is 24.1 Å². The second kappa shape index (κ2) is 8.07. The van der Waals surface area contributed by atoms with Gasteiger partial charge in [-0.15, -0.1) is 0 Å². The van der Waals surface area contributed by atoms with Crippen molar-refractivity contribution in [3.8, 4) is 17.2 Å². The second-order valence-electron chi connectivity index (χ2n) is 8.40. The molecule has 1 aromatic heterocycles. The van der Waals surface area contributed by atoms with Crippen molar-refractivity contribution in [1.82, 2.24) is 8.75 Å². The standard InChI is InChI=1S/C26H20N2O6S/c1-14-9-15(3-7-21(14)31-2)10-18-24(16-4-8-22-23(11-16)33-13-32-22)25(29)34-26(18,30)17-5-6-19-20(12-17)28-35-27-19/h3-9,11-12,30H,10,13H2,1-2H3. The molecule has 0 aliphatic carbocycles. The van der Waals surface area contributed by atoms with Crippen molar-refractivity contribution in [3.05, 3.63) is 82.4 Å². The lowest BCUT2D eigenvalue weighted by Gasteiger charge is -2.26. The number of cyclic esters (lactones) is 1. The molecule has 4 aromatic rings. The number of aryl methyl sites for hydroxylation is 1. The summed E-state index contributed by atoms with van der Waals surface area (Å²) in [7, 11) is 1.62. The largest absolute Gasteiger partial charge is 0.496 e. The van der Waals surface area contributed by atoms with Gasteiger partial charge in [-0.2, -0.15) is 8.75 Å². The van der Waals surface area contributed by atoms with E-state index in [1.165, 1.54) is 0 Å². The Labute approximate surface area is 204 Å². The van der Waals surface area contributed by atoms with Crippen molar-refractivity contribution in [1.29, 1.82) is 0 Å². The number of nitrogens with zero attached hydrogens (tertiary/aromatic N) is 2. The van der Waals surface area contributed by atoms with Gasteiger partial charge in [0.25, 0.3) is 5.79 Å². The molecule has 0 bridgehead atoms. The van der Waals surface area contributed by atoms with Crippen LogP contribution in [0.2, 0.25) is 0 Å². The van der Waals surface area contributed by atoms with Crippen LogP contribution in [-0.2, 0) is 21.7 Å². The summed E-state index contributed by atoms with van der Waals surface area (Å²) in [6.45, 7) is 2.06. The van der Waals surface area contributed by atoms with Crippen LogP contribution >= 0.6 is 11.7 Å². The molecule has 1 N–H and O–H groups in total. The molecule has 3 heterocycles. The van der Waals surface area contributed by atoms with Crippen LogP contribution in [0.3, 0.4) is 0 Å². The van der Waals surface area contributed by atoms with Gasteiger partial charge in [0, 0.05) is 17.6 Å². The lowest BCUT2D eigenvalue weighted by Crippen LogP contribution is -2.29. The van der Waals surface area contributed by atoms with Gasteiger partial charge in [0.05, 0.1) is 24.4 Å². The number of aliphatic hydroxyl groups is 1. The Bertz CT molecular complexity index is 1530. The molecule has 0 saturated heterocycles. The number of hydrogen-bond donors (Lipinski definition) is 1. The van der Waals surface area contributed by atoms with E-state index in [1.54, 1.807) is 43.5 Å². The van der Waals surface area contributed by atoms with Crippen molar-refractivity contribution in [2.24, 2.45) is 0 Å². The molecule has 0 spiro atoms. The first kappa shape index (κ1) is 21.6. The highest BCUT2D eigenvalue weighted by atomic mass is 32.1. The number of methoxy groups -OCH3 is 1. The molecule has 1 unspecified atom stereocenters. The molecule has 8 nitrogen and oxygen atoms in total. The monoisotopic (exact) mass is 488 g/mol. The van der Waals surface area contributed by atoms with Crippen LogP contribution in [0.1, 0.15) is 22.3 Å². The molecule has 0 fully saturated rings. The third-order valence-corrected chi connectivity index (χ3v) is 6.86. The minimum atomic E-state index is -1.98. The molecule has 9 heteroatoms. The van der Waals surface area contributed by atoms with E-state index in [9.17, 15) is 9.90 Å². The van der Waals surface area contributed by atoms with Crippen molar-refractivity contribution in [3.63, 3.8) is 0 Å². The molecule has 6 rings (SSSR count). The number of carbonyl (C=O) groups is 1. The van der Waals surface area contributed by atoms with Crippen LogP contribution < -0.4 is 14.2 Å². The van der Waals surface area contributed by atoms with Crippen LogP contribution in [0.25, 0.3) is 16.6 Å². The molecule has 2 aliphatic heterocycles. The smallest absolute Gasteiger partial charge is 0.342 e. The Kier molecular flexibility index (Phi) is 4.98. The molecule has 0 saturated carbocycles. The van der Waals surface area contributed by atoms with Gasteiger partial charge in [0.1, 0.15) is 16.8 Å². The highest BCUT2D eigenvalue weighted by Gasteiger charge is 2.48. The summed E-state index contributed by atoms with van der Waals surface area (Å²) < 4.78 is 30.5. The van der Waals surface area contributed by atoms with Gasteiger partial charge in [-0.3, -0.25) is 0 Å². The molecule has 2 aliphatic rings. The number of ether oxygens (including phenoxy) is 4. The summed E-state index contributed by atoms with van der Waals surface area (Å²) in [4.78, 5) is 13.3. The highest BCUT2D eigenvalue weighted by molar-refractivity contribution is 7.00. The first-order valence-corrected chi connectivity index (χ1v) is 11.6. The van der Waals surface area contributed by atoms with Gasteiger partial charge >= 0.3 is 5.97 Å². The van der Waals surface area contributed by atoms with Crippen LogP contribution in [0.5, 0.6) is 17.2 Å². The summed E-state index contributed by atoms with van der Waals surface area (Å²) >= 11 is 1.08. The van der Waals surface area contributed by atoms with E-state index in [0.717, 1.165) is 28.6 Å². The maximum Gasteiger partial charge on any atom is 0.342 e. The average Bonchev–Trinajstić information content (AvgIpc) is 3.57. The molecular weight excluding hydrogens is 468 g/mol. The molecule has 0 amide bonds. The van der Waals surface area contributed by atoms with Crippen molar-refractivity contribution in [2.45, 2.75) is 19.1 Å². The first-order chi connectivity index (χ1) is 17.0. The summed E-state index contributed by atoms with van der Waals surface area (Å²) in [6.07, 6.45) is 0.268. The van der Waals surface area contributed by atoms with Gasteiger partial charge in [-0.25, -0.2) is 4.79 Å². The molecule has 176 valence electrons. The van der Waals surface area contributed by atoms with E-state index in [0.29, 0.717) is 39.2 Å². The molecular formula is C26H20N2O6S. The van der Waals surface area contributed by atoms with Gasteiger partial charge in [0.15, 0.2) is 11.5 Å². The van der Waals surface area contributed by atoms with Gasteiger partial charge in [0.2, 0.25) is 6.79 Å². The Morgan fingerprint density at radius 2 is 1.86 bits per heavy atom. The fraction of sp³-hybridized carbons (Fsp3) is 0.192. The summed E-state index contributed by atoms with van der Waals surface area (Å²) in [5.74, 6) is -0.705. The van der Waals surface area contributed by atoms with E-state index in [4.69, 9.17) is 18.9 Å². The number of hydrogen-bond acceptors (Lipinski definition) is 9. The van der Waals surface area contributed by atoms with E-state index in [-0.39, 0.29) is 18.8 Å².